The molecule has 248 valence electrons. The zero-order valence-corrected chi connectivity index (χ0v) is 28.5. The Balaban J connectivity index is 1.24. The summed E-state index contributed by atoms with van der Waals surface area (Å²) < 4.78 is 64.0. The number of sulfone groups is 1. The molecule has 0 spiro atoms. The van der Waals surface area contributed by atoms with Gasteiger partial charge in [0.25, 0.3) is 0 Å². The Morgan fingerprint density at radius 2 is 1.92 bits per heavy atom. The van der Waals surface area contributed by atoms with Crippen LogP contribution < -0.4 is 14.8 Å². The second-order valence-corrected chi connectivity index (χ2v) is 14.0. The van der Waals surface area contributed by atoms with Gasteiger partial charge in [-0.25, -0.2) is 27.8 Å². The number of nitrogens with one attached hydrogen (secondary N) is 1. The molecule has 0 saturated carbocycles. The lowest BCUT2D eigenvalue weighted by Gasteiger charge is -2.36. The number of anilines is 2. The Morgan fingerprint density at radius 1 is 1.04 bits per heavy atom. The van der Waals surface area contributed by atoms with Gasteiger partial charge in [0.05, 0.1) is 41.8 Å². The van der Waals surface area contributed by atoms with Gasteiger partial charge in [0.15, 0.2) is 20.5 Å². The molecule has 0 fully saturated rings. The van der Waals surface area contributed by atoms with Crippen LogP contribution in [0.4, 0.5) is 15.9 Å². The van der Waals surface area contributed by atoms with Gasteiger partial charge in [-0.3, -0.25) is 0 Å². The summed E-state index contributed by atoms with van der Waals surface area (Å²) in [6, 6.07) is 20.3. The first-order valence-corrected chi connectivity index (χ1v) is 17.5. The zero-order chi connectivity index (χ0) is 33.7. The number of rotatable bonds is 13. The molecule has 1 N–H and O–H groups in total. The Bertz CT molecular complexity index is 2060. The molecule has 3 heterocycles. The number of halogens is 2. The number of hydrogen-bond acceptors (Lipinski definition) is 10. The highest BCUT2D eigenvalue weighted by Crippen LogP contribution is 2.45. The SMILES string of the molecule is COc1cc2ncnc(Nc3ccc(OCc4cccc(F)c4)c(Br)c3)c2cc1C1(C(C)OCCS(=O)(=O)c2ccccn2)CC=CO1. The van der Waals surface area contributed by atoms with Gasteiger partial charge in [0, 0.05) is 35.3 Å². The number of methoxy groups -OCH3 is 1. The van der Waals surface area contributed by atoms with Gasteiger partial charge in [0.1, 0.15) is 36.1 Å². The smallest absolute Gasteiger partial charge is 0.197 e. The van der Waals surface area contributed by atoms with E-state index >= 15 is 0 Å². The number of hydrogen-bond donors (Lipinski definition) is 1. The Kier molecular flexibility index (Phi) is 9.90. The van der Waals surface area contributed by atoms with E-state index in [1.807, 2.05) is 43.3 Å². The number of fused-ring (bicyclic) bond motifs is 1. The first-order chi connectivity index (χ1) is 23.2. The third-order valence-electron chi connectivity index (χ3n) is 8.02. The maximum Gasteiger partial charge on any atom is 0.197 e. The van der Waals surface area contributed by atoms with Gasteiger partial charge >= 0.3 is 0 Å². The number of ether oxygens (including phenoxy) is 4. The third-order valence-corrected chi connectivity index (χ3v) is 10.2. The quantitative estimate of drug-likeness (QED) is 0.132. The van der Waals surface area contributed by atoms with Gasteiger partial charge in [-0.1, -0.05) is 18.2 Å². The van der Waals surface area contributed by atoms with E-state index in [0.29, 0.717) is 44.7 Å². The molecular formula is C35H32BrFN4O6S. The number of benzene rings is 3. The fourth-order valence-corrected chi connectivity index (χ4v) is 7.03. The predicted molar refractivity (Wildman–Crippen MR) is 182 cm³/mol. The van der Waals surface area contributed by atoms with Crippen molar-refractivity contribution in [3.05, 3.63) is 119 Å². The monoisotopic (exact) mass is 734 g/mol. The summed E-state index contributed by atoms with van der Waals surface area (Å²) in [6.45, 7) is 2.00. The van der Waals surface area contributed by atoms with E-state index in [1.54, 1.807) is 37.6 Å². The van der Waals surface area contributed by atoms with Gasteiger partial charge in [-0.05, 0) is 83.0 Å². The van der Waals surface area contributed by atoms with Crippen molar-refractivity contribution in [3.63, 3.8) is 0 Å². The minimum absolute atomic E-state index is 0.00374. The van der Waals surface area contributed by atoms with Crippen LogP contribution >= 0.6 is 15.9 Å². The molecule has 0 bridgehead atoms. The summed E-state index contributed by atoms with van der Waals surface area (Å²) in [5, 5.41) is 4.08. The number of pyridine rings is 1. The Labute approximate surface area is 286 Å². The Hall–Kier alpha value is -4.59. The highest BCUT2D eigenvalue weighted by Gasteiger charge is 2.44. The lowest BCUT2D eigenvalue weighted by atomic mass is 9.85. The molecule has 3 aromatic carbocycles. The molecule has 2 aromatic heterocycles. The summed E-state index contributed by atoms with van der Waals surface area (Å²) in [4.78, 5) is 13.0. The highest BCUT2D eigenvalue weighted by molar-refractivity contribution is 9.10. The molecule has 1 aliphatic heterocycles. The summed E-state index contributed by atoms with van der Waals surface area (Å²) in [5.41, 5.74) is 1.78. The van der Waals surface area contributed by atoms with Crippen LogP contribution in [0.1, 0.15) is 24.5 Å². The highest BCUT2D eigenvalue weighted by atomic mass is 79.9. The molecule has 10 nitrogen and oxygen atoms in total. The fraction of sp³-hybridized carbons (Fsp3) is 0.229. The van der Waals surface area contributed by atoms with E-state index in [2.05, 4.69) is 36.2 Å². The maximum atomic E-state index is 13.6. The predicted octanol–water partition coefficient (Wildman–Crippen LogP) is 7.27. The molecule has 0 aliphatic carbocycles. The van der Waals surface area contributed by atoms with E-state index < -0.39 is 21.5 Å². The summed E-state index contributed by atoms with van der Waals surface area (Å²) in [5.74, 6) is 1.12. The average Bonchev–Trinajstić information content (AvgIpc) is 3.59. The molecular weight excluding hydrogens is 703 g/mol. The lowest BCUT2D eigenvalue weighted by molar-refractivity contribution is -0.0973. The van der Waals surface area contributed by atoms with Crippen LogP contribution in [0.3, 0.4) is 0 Å². The van der Waals surface area contributed by atoms with Crippen LogP contribution in [-0.4, -0.2) is 48.9 Å². The number of nitrogens with zero attached hydrogens (tertiary/aromatic N) is 3. The largest absolute Gasteiger partial charge is 0.496 e. The van der Waals surface area contributed by atoms with Crippen molar-refractivity contribution in [3.8, 4) is 11.5 Å². The first kappa shape index (κ1) is 33.3. The van der Waals surface area contributed by atoms with Crippen LogP contribution in [0.2, 0.25) is 0 Å². The average molecular weight is 736 g/mol. The summed E-state index contributed by atoms with van der Waals surface area (Å²) >= 11 is 3.58. The molecule has 48 heavy (non-hydrogen) atoms. The molecule has 2 unspecified atom stereocenters. The lowest BCUT2D eigenvalue weighted by Crippen LogP contribution is -2.40. The van der Waals surface area contributed by atoms with Crippen molar-refractivity contribution in [2.24, 2.45) is 0 Å². The van der Waals surface area contributed by atoms with Gasteiger partial charge in [-0.2, -0.15) is 0 Å². The van der Waals surface area contributed by atoms with Gasteiger partial charge in [-0.15, -0.1) is 0 Å². The topological polar surface area (TPSA) is 122 Å². The van der Waals surface area contributed by atoms with E-state index in [9.17, 15) is 12.8 Å². The minimum atomic E-state index is -3.63. The van der Waals surface area contributed by atoms with Crippen molar-refractivity contribution in [1.29, 1.82) is 0 Å². The van der Waals surface area contributed by atoms with Crippen molar-refractivity contribution in [1.82, 2.24) is 15.0 Å². The van der Waals surface area contributed by atoms with Crippen LogP contribution in [0, 0.1) is 5.82 Å². The van der Waals surface area contributed by atoms with Gasteiger partial charge in [0.2, 0.25) is 0 Å². The van der Waals surface area contributed by atoms with E-state index in [4.69, 9.17) is 18.9 Å². The molecule has 2 atom stereocenters. The van der Waals surface area contributed by atoms with Crippen molar-refractivity contribution < 1.29 is 31.8 Å². The van der Waals surface area contributed by atoms with Crippen molar-refractivity contribution in [2.45, 2.75) is 36.7 Å². The standard InChI is InChI=1S/C35H32BrFN4O6S/c1-23(45-15-16-48(42,43)33-9-3-4-13-38-33)35(12-6-14-47-35)28-19-27-30(20-32(28)44-2)39-22-40-34(27)41-26-10-11-31(29(36)18-26)46-21-24-7-5-8-25(37)17-24/h3-11,13-14,17-20,22-23H,12,15-16,21H2,1-2H3,(H,39,40,41). The molecule has 0 saturated heterocycles. The molecule has 0 amide bonds. The second kappa shape index (κ2) is 14.3. The van der Waals surface area contributed by atoms with Crippen LogP contribution in [0.15, 0.2) is 107 Å². The van der Waals surface area contributed by atoms with Crippen LogP contribution in [-0.2, 0) is 31.5 Å². The fourth-order valence-electron chi connectivity index (χ4n) is 5.50. The number of aromatic nitrogens is 3. The van der Waals surface area contributed by atoms with E-state index in [-0.39, 0.29) is 29.8 Å². The Morgan fingerprint density at radius 3 is 2.65 bits per heavy atom. The maximum absolute atomic E-state index is 13.6. The van der Waals surface area contributed by atoms with Crippen LogP contribution in [0.5, 0.6) is 11.5 Å². The van der Waals surface area contributed by atoms with Crippen molar-refractivity contribution >= 4 is 48.2 Å². The third kappa shape index (κ3) is 7.13. The van der Waals surface area contributed by atoms with Gasteiger partial charge < -0.3 is 24.3 Å². The first-order valence-electron chi connectivity index (χ1n) is 15.0. The molecule has 13 heteroatoms. The molecule has 5 aromatic rings. The van der Waals surface area contributed by atoms with Crippen LogP contribution in [0.25, 0.3) is 10.9 Å². The van der Waals surface area contributed by atoms with Crippen molar-refractivity contribution in [2.75, 3.05) is 24.8 Å². The molecule has 0 radical (unpaired) electrons. The minimum Gasteiger partial charge on any atom is -0.496 e. The van der Waals surface area contributed by atoms with E-state index in [1.165, 1.54) is 30.7 Å². The van der Waals surface area contributed by atoms with E-state index in [0.717, 1.165) is 11.3 Å². The summed E-state index contributed by atoms with van der Waals surface area (Å²) in [6.07, 6.45) is 6.31. The summed E-state index contributed by atoms with van der Waals surface area (Å²) in [7, 11) is -2.06. The second-order valence-electron chi connectivity index (χ2n) is 11.1. The molecule has 6 rings (SSSR count). The zero-order valence-electron chi connectivity index (χ0n) is 26.1. The normalized spacial score (nSPS) is 16.4. The molecule has 1 aliphatic rings.